The number of rotatable bonds is 6. The molecule has 36 heavy (non-hydrogen) atoms. The summed E-state index contributed by atoms with van der Waals surface area (Å²) in [5.74, 6) is 2.81. The molecule has 14 heteroatoms. The Balaban J connectivity index is 1.25. The van der Waals surface area contributed by atoms with Crippen LogP contribution in [0.5, 0.6) is 0 Å². The zero-order chi connectivity index (χ0) is 24.8. The molecule has 6 rings (SSSR count). The molecule has 2 N–H and O–H groups in total. The number of halogens is 2. The number of nitrogens with zero attached hydrogens (tertiary/aromatic N) is 10. The Bertz CT molecular complexity index is 1510. The molecule has 0 saturated carbocycles. The number of piperazine rings is 1. The highest BCUT2D eigenvalue weighted by molar-refractivity contribution is 6.42. The average Bonchev–Trinajstić information content (AvgIpc) is 3.61. The first-order chi connectivity index (χ1) is 17.5. The van der Waals surface area contributed by atoms with E-state index in [1.165, 1.54) is 0 Å². The van der Waals surface area contributed by atoms with Gasteiger partial charge in [0, 0.05) is 39.8 Å². The van der Waals surface area contributed by atoms with Gasteiger partial charge in [-0.1, -0.05) is 23.2 Å². The highest BCUT2D eigenvalue weighted by atomic mass is 35.5. The van der Waals surface area contributed by atoms with E-state index in [0.717, 1.165) is 66.7 Å². The first-order valence-electron chi connectivity index (χ1n) is 11.6. The number of anilines is 3. The lowest BCUT2D eigenvalue weighted by Gasteiger charge is -2.34. The Morgan fingerprint density at radius 3 is 2.42 bits per heavy atom. The average molecular weight is 527 g/mol. The van der Waals surface area contributed by atoms with Gasteiger partial charge in [-0.2, -0.15) is 9.97 Å². The molecule has 4 aromatic heterocycles. The number of aryl methyl sites for hydroxylation is 2. The van der Waals surface area contributed by atoms with Gasteiger partial charge < -0.3 is 24.7 Å². The molecule has 0 spiro atoms. The van der Waals surface area contributed by atoms with Crippen molar-refractivity contribution >= 4 is 63.1 Å². The summed E-state index contributed by atoms with van der Waals surface area (Å²) < 4.78 is 3.73. The van der Waals surface area contributed by atoms with Gasteiger partial charge in [0.1, 0.15) is 12.2 Å². The zero-order valence-corrected chi connectivity index (χ0v) is 21.3. The predicted molar refractivity (Wildman–Crippen MR) is 140 cm³/mol. The highest BCUT2D eigenvalue weighted by Gasteiger charge is 2.23. The second-order valence-electron chi connectivity index (χ2n) is 8.59. The fraction of sp³-hybridized carbons (Fsp3) is 0.364. The Hall–Kier alpha value is -3.64. The Morgan fingerprint density at radius 1 is 0.944 bits per heavy atom. The van der Waals surface area contributed by atoms with Crippen LogP contribution in [0.4, 0.5) is 17.7 Å². The van der Waals surface area contributed by atoms with Gasteiger partial charge in [-0.25, -0.2) is 15.0 Å². The van der Waals surface area contributed by atoms with Crippen molar-refractivity contribution < 1.29 is 0 Å². The summed E-state index contributed by atoms with van der Waals surface area (Å²) in [5.41, 5.74) is 3.09. The second-order valence-corrected chi connectivity index (χ2v) is 9.40. The van der Waals surface area contributed by atoms with Crippen LogP contribution in [0.2, 0.25) is 10.0 Å². The van der Waals surface area contributed by atoms with Crippen LogP contribution in [0.1, 0.15) is 12.7 Å². The quantitative estimate of drug-likeness (QED) is 0.343. The molecule has 5 heterocycles. The maximum Gasteiger partial charge on any atom is 0.244 e. The predicted octanol–water partition coefficient (Wildman–Crippen LogP) is 3.10. The summed E-state index contributed by atoms with van der Waals surface area (Å²) in [6.07, 6.45) is 3.51. The Kier molecular flexibility index (Phi) is 5.76. The minimum Gasteiger partial charge on any atom is -0.361 e. The van der Waals surface area contributed by atoms with E-state index >= 15 is 0 Å². The number of H-pyrrole nitrogens is 1. The molecule has 1 aliphatic rings. The molecule has 0 atom stereocenters. The van der Waals surface area contributed by atoms with Crippen LogP contribution >= 0.6 is 23.2 Å². The first kappa shape index (κ1) is 22.8. The number of benzene rings is 1. The van der Waals surface area contributed by atoms with Gasteiger partial charge in [-0.05, 0) is 19.1 Å². The molecule has 0 unspecified atom stereocenters. The van der Waals surface area contributed by atoms with Crippen LogP contribution in [0.3, 0.4) is 0 Å². The second kappa shape index (κ2) is 9.10. The molecule has 1 saturated heterocycles. The largest absolute Gasteiger partial charge is 0.361 e. The van der Waals surface area contributed by atoms with Crippen LogP contribution in [-0.2, 0) is 20.1 Å². The van der Waals surface area contributed by atoms with Crippen molar-refractivity contribution in [1.29, 1.82) is 0 Å². The molecule has 5 aromatic rings. The number of aromatic amines is 1. The van der Waals surface area contributed by atoms with Gasteiger partial charge in [0.25, 0.3) is 0 Å². The number of imidazole rings is 2. The Morgan fingerprint density at radius 2 is 1.69 bits per heavy atom. The topological polar surface area (TPSA) is 122 Å². The molecule has 0 amide bonds. The van der Waals surface area contributed by atoms with E-state index in [2.05, 4.69) is 47.1 Å². The van der Waals surface area contributed by atoms with Crippen molar-refractivity contribution in [3.8, 4) is 0 Å². The first-order valence-corrected chi connectivity index (χ1v) is 12.4. The minimum atomic E-state index is 0.424. The van der Waals surface area contributed by atoms with Crippen molar-refractivity contribution in [3.05, 3.63) is 40.7 Å². The van der Waals surface area contributed by atoms with E-state index in [4.69, 9.17) is 33.2 Å². The number of hydrogen-bond donors (Lipinski definition) is 2. The standard InChI is InChI=1S/C22H24Cl2N12/c1-3-34-12-26-18-19(25-10-17-28-15-8-13(23)14(24)9-16(15)29-17)30-22(31-20(18)34)36-6-4-35(5-7-36)21-27-11-33(2)32-21/h8-9,11-12H,3-7,10H2,1-2H3,(H,28,29)(H,25,30,31). The monoisotopic (exact) mass is 526 g/mol. The minimum absolute atomic E-state index is 0.424. The molecule has 0 aliphatic carbocycles. The van der Waals surface area contributed by atoms with Gasteiger partial charge in [0.2, 0.25) is 11.9 Å². The molecule has 0 bridgehead atoms. The summed E-state index contributed by atoms with van der Waals surface area (Å²) in [5, 5.41) is 8.78. The summed E-state index contributed by atoms with van der Waals surface area (Å²) in [6.45, 7) is 6.34. The smallest absolute Gasteiger partial charge is 0.244 e. The van der Waals surface area contributed by atoms with E-state index in [0.29, 0.717) is 28.4 Å². The molecule has 1 aromatic carbocycles. The van der Waals surface area contributed by atoms with Crippen molar-refractivity contribution in [2.75, 3.05) is 41.3 Å². The third-order valence-corrected chi connectivity index (χ3v) is 6.94. The summed E-state index contributed by atoms with van der Waals surface area (Å²) >= 11 is 12.3. The fourth-order valence-corrected chi connectivity index (χ4v) is 4.64. The van der Waals surface area contributed by atoms with Gasteiger partial charge in [-0.15, -0.1) is 5.10 Å². The van der Waals surface area contributed by atoms with Gasteiger partial charge in [0.15, 0.2) is 17.0 Å². The van der Waals surface area contributed by atoms with E-state index in [-0.39, 0.29) is 0 Å². The summed E-state index contributed by atoms with van der Waals surface area (Å²) in [7, 11) is 1.87. The van der Waals surface area contributed by atoms with Crippen molar-refractivity contribution in [2.45, 2.75) is 20.0 Å². The Labute approximate surface area is 216 Å². The van der Waals surface area contributed by atoms with E-state index in [1.54, 1.807) is 29.5 Å². The van der Waals surface area contributed by atoms with Crippen LogP contribution in [0.25, 0.3) is 22.2 Å². The lowest BCUT2D eigenvalue weighted by Crippen LogP contribution is -2.47. The lowest BCUT2D eigenvalue weighted by molar-refractivity contribution is 0.624. The molecule has 0 radical (unpaired) electrons. The normalized spacial score (nSPS) is 14.3. The number of nitrogens with one attached hydrogen (secondary N) is 2. The van der Waals surface area contributed by atoms with Crippen LogP contribution < -0.4 is 15.1 Å². The third-order valence-electron chi connectivity index (χ3n) is 6.22. The maximum atomic E-state index is 6.15. The number of fused-ring (bicyclic) bond motifs is 2. The summed E-state index contributed by atoms with van der Waals surface area (Å²) in [6, 6.07) is 3.53. The molecule has 186 valence electrons. The summed E-state index contributed by atoms with van der Waals surface area (Å²) in [4.78, 5) is 30.9. The number of hydrogen-bond acceptors (Lipinski definition) is 9. The zero-order valence-electron chi connectivity index (χ0n) is 19.8. The van der Waals surface area contributed by atoms with Crippen LogP contribution in [0, 0.1) is 0 Å². The highest BCUT2D eigenvalue weighted by Crippen LogP contribution is 2.28. The molecular formula is C22H24Cl2N12. The SMILES string of the molecule is CCn1cnc2c(NCc3nc4cc(Cl)c(Cl)cc4[nH]3)nc(N3CCN(c4ncn(C)n4)CC3)nc21. The van der Waals surface area contributed by atoms with Gasteiger partial charge in [0.05, 0.1) is 34.0 Å². The van der Waals surface area contributed by atoms with E-state index in [1.807, 2.05) is 11.6 Å². The van der Waals surface area contributed by atoms with Gasteiger partial charge >= 0.3 is 0 Å². The van der Waals surface area contributed by atoms with Crippen molar-refractivity contribution in [1.82, 2.24) is 44.3 Å². The third kappa shape index (κ3) is 4.16. The fourth-order valence-electron chi connectivity index (χ4n) is 4.32. The molecular weight excluding hydrogens is 503 g/mol. The maximum absolute atomic E-state index is 6.15. The number of aromatic nitrogens is 9. The van der Waals surface area contributed by atoms with Crippen molar-refractivity contribution in [2.24, 2.45) is 7.05 Å². The molecule has 1 fully saturated rings. The molecule has 1 aliphatic heterocycles. The van der Waals surface area contributed by atoms with Crippen molar-refractivity contribution in [3.63, 3.8) is 0 Å². The molecule has 12 nitrogen and oxygen atoms in total. The lowest BCUT2D eigenvalue weighted by atomic mass is 10.3. The van der Waals surface area contributed by atoms with E-state index in [9.17, 15) is 0 Å². The van der Waals surface area contributed by atoms with E-state index < -0.39 is 0 Å². The van der Waals surface area contributed by atoms with Crippen LogP contribution in [-0.4, -0.2) is 70.4 Å². The van der Waals surface area contributed by atoms with Crippen LogP contribution in [0.15, 0.2) is 24.8 Å². The van der Waals surface area contributed by atoms with Gasteiger partial charge in [-0.3, -0.25) is 4.68 Å².